The number of hydrogen-bond acceptors (Lipinski definition) is 3. The van der Waals surface area contributed by atoms with Crippen LogP contribution in [-0.2, 0) is 0 Å². The lowest BCUT2D eigenvalue weighted by Crippen LogP contribution is -2.15. The number of rotatable bonds is 3. The van der Waals surface area contributed by atoms with Crippen molar-refractivity contribution in [3.8, 4) is 0 Å². The van der Waals surface area contributed by atoms with Crippen molar-refractivity contribution in [1.82, 2.24) is 4.98 Å². The Kier molecular flexibility index (Phi) is 4.11. The van der Waals surface area contributed by atoms with Crippen LogP contribution in [0.15, 0.2) is 34.9 Å². The highest BCUT2D eigenvalue weighted by atomic mass is 79.9. The number of nitrogens with zero attached hydrogens (tertiary/aromatic N) is 1. The van der Waals surface area contributed by atoms with Crippen LogP contribution in [0.25, 0.3) is 0 Å². The standard InChI is InChI=1S/C13H11BrFN3S/c1-7-4-5-17-13(11(7)12(16)19)18-10-6-8(14)2-3-9(10)15/h2-6H,1H3,(H2,16,19)(H,17,18). The average Bonchev–Trinajstić information content (AvgIpc) is 2.33. The van der Waals surface area contributed by atoms with E-state index in [-0.39, 0.29) is 10.8 Å². The Morgan fingerprint density at radius 3 is 2.84 bits per heavy atom. The predicted octanol–water partition coefficient (Wildman–Crippen LogP) is 3.67. The van der Waals surface area contributed by atoms with Gasteiger partial charge in [-0.15, -0.1) is 0 Å². The number of pyridine rings is 1. The Bertz CT molecular complexity index is 646. The molecule has 98 valence electrons. The van der Waals surface area contributed by atoms with Gasteiger partial charge in [0.2, 0.25) is 0 Å². The highest BCUT2D eigenvalue weighted by Gasteiger charge is 2.12. The van der Waals surface area contributed by atoms with E-state index in [0.717, 1.165) is 10.0 Å². The third-order valence-corrected chi connectivity index (χ3v) is 3.28. The molecule has 0 bridgehead atoms. The summed E-state index contributed by atoms with van der Waals surface area (Å²) in [7, 11) is 0. The molecule has 19 heavy (non-hydrogen) atoms. The monoisotopic (exact) mass is 339 g/mol. The number of thiocarbonyl (C=S) groups is 1. The molecule has 0 saturated heterocycles. The Balaban J connectivity index is 2.46. The van der Waals surface area contributed by atoms with Crippen LogP contribution in [0.2, 0.25) is 0 Å². The second kappa shape index (κ2) is 5.63. The fourth-order valence-electron chi connectivity index (χ4n) is 1.68. The maximum Gasteiger partial charge on any atom is 0.146 e. The van der Waals surface area contributed by atoms with Gasteiger partial charge in [0.25, 0.3) is 0 Å². The summed E-state index contributed by atoms with van der Waals surface area (Å²) >= 11 is 8.30. The SMILES string of the molecule is Cc1ccnc(Nc2cc(Br)ccc2F)c1C(N)=S. The second-order valence-electron chi connectivity index (χ2n) is 3.96. The number of halogens is 2. The van der Waals surface area contributed by atoms with Crippen LogP contribution >= 0.6 is 28.1 Å². The number of nitrogens with one attached hydrogen (secondary N) is 1. The van der Waals surface area contributed by atoms with Gasteiger partial charge in [-0.3, -0.25) is 0 Å². The third-order valence-electron chi connectivity index (χ3n) is 2.59. The Hall–Kier alpha value is -1.53. The second-order valence-corrected chi connectivity index (χ2v) is 5.32. The van der Waals surface area contributed by atoms with E-state index >= 15 is 0 Å². The molecule has 6 heteroatoms. The van der Waals surface area contributed by atoms with E-state index < -0.39 is 0 Å². The molecule has 0 aliphatic rings. The van der Waals surface area contributed by atoms with Crippen LogP contribution < -0.4 is 11.1 Å². The lowest BCUT2D eigenvalue weighted by atomic mass is 10.1. The molecule has 0 radical (unpaired) electrons. The van der Waals surface area contributed by atoms with E-state index in [9.17, 15) is 4.39 Å². The molecule has 1 aromatic heterocycles. The number of anilines is 2. The van der Waals surface area contributed by atoms with Gasteiger partial charge in [-0.25, -0.2) is 9.37 Å². The van der Waals surface area contributed by atoms with Crippen molar-refractivity contribution in [2.24, 2.45) is 5.73 Å². The van der Waals surface area contributed by atoms with Crippen molar-refractivity contribution >= 4 is 44.6 Å². The van der Waals surface area contributed by atoms with Gasteiger partial charge >= 0.3 is 0 Å². The average molecular weight is 340 g/mol. The molecular formula is C13H11BrFN3S. The van der Waals surface area contributed by atoms with Gasteiger partial charge in [-0.05, 0) is 36.8 Å². The topological polar surface area (TPSA) is 50.9 Å². The van der Waals surface area contributed by atoms with Gasteiger partial charge in [-0.1, -0.05) is 28.1 Å². The quantitative estimate of drug-likeness (QED) is 0.837. The molecule has 3 N–H and O–H groups in total. The molecule has 0 spiro atoms. The molecular weight excluding hydrogens is 329 g/mol. The van der Waals surface area contributed by atoms with Crippen molar-refractivity contribution in [1.29, 1.82) is 0 Å². The largest absolute Gasteiger partial charge is 0.389 e. The van der Waals surface area contributed by atoms with Crippen molar-refractivity contribution < 1.29 is 4.39 Å². The molecule has 0 unspecified atom stereocenters. The Morgan fingerprint density at radius 2 is 2.16 bits per heavy atom. The molecule has 1 aromatic carbocycles. The lowest BCUT2D eigenvalue weighted by molar-refractivity contribution is 0.631. The molecule has 1 heterocycles. The van der Waals surface area contributed by atoms with Crippen molar-refractivity contribution in [2.45, 2.75) is 6.92 Å². The van der Waals surface area contributed by atoms with Gasteiger partial charge in [0.05, 0.1) is 11.3 Å². The summed E-state index contributed by atoms with van der Waals surface area (Å²) in [6.45, 7) is 1.87. The zero-order valence-corrected chi connectivity index (χ0v) is 12.5. The minimum absolute atomic E-state index is 0.225. The van der Waals surface area contributed by atoms with Crippen molar-refractivity contribution in [3.63, 3.8) is 0 Å². The van der Waals surface area contributed by atoms with E-state index in [1.54, 1.807) is 24.4 Å². The highest BCUT2D eigenvalue weighted by molar-refractivity contribution is 9.10. The fourth-order valence-corrected chi connectivity index (χ4v) is 2.30. The van der Waals surface area contributed by atoms with E-state index in [4.69, 9.17) is 18.0 Å². The number of hydrogen-bond donors (Lipinski definition) is 2. The van der Waals surface area contributed by atoms with Gasteiger partial charge < -0.3 is 11.1 Å². The molecule has 2 aromatic rings. The molecule has 0 aliphatic carbocycles. The van der Waals surface area contributed by atoms with E-state index in [0.29, 0.717) is 17.1 Å². The van der Waals surface area contributed by atoms with Gasteiger partial charge in [-0.2, -0.15) is 0 Å². The van der Waals surface area contributed by atoms with Crippen molar-refractivity contribution in [3.05, 3.63) is 51.9 Å². The third kappa shape index (κ3) is 3.08. The minimum Gasteiger partial charge on any atom is -0.389 e. The summed E-state index contributed by atoms with van der Waals surface area (Å²) in [6, 6.07) is 6.42. The molecule has 0 amide bonds. The van der Waals surface area contributed by atoms with Crippen LogP contribution in [-0.4, -0.2) is 9.97 Å². The number of aromatic nitrogens is 1. The first-order valence-corrected chi connectivity index (χ1v) is 6.66. The molecule has 3 nitrogen and oxygen atoms in total. The fraction of sp³-hybridized carbons (Fsp3) is 0.0769. The predicted molar refractivity (Wildman–Crippen MR) is 82.2 cm³/mol. The van der Waals surface area contributed by atoms with Crippen LogP contribution in [0.1, 0.15) is 11.1 Å². The Morgan fingerprint density at radius 1 is 1.42 bits per heavy atom. The Labute approximate surface area is 124 Å². The van der Waals surface area contributed by atoms with Gasteiger partial charge in [0, 0.05) is 10.7 Å². The normalized spacial score (nSPS) is 10.3. The molecule has 0 saturated carbocycles. The van der Waals surface area contributed by atoms with Crippen LogP contribution in [0, 0.1) is 12.7 Å². The summed E-state index contributed by atoms with van der Waals surface area (Å²) in [5.74, 6) is 0.0740. The molecule has 0 fully saturated rings. The number of aryl methyl sites for hydroxylation is 1. The molecule has 0 aliphatic heterocycles. The summed E-state index contributed by atoms with van der Waals surface area (Å²) in [6.07, 6.45) is 1.62. The summed E-state index contributed by atoms with van der Waals surface area (Å²) < 4.78 is 14.5. The zero-order valence-electron chi connectivity index (χ0n) is 10.1. The smallest absolute Gasteiger partial charge is 0.146 e. The first kappa shape index (κ1) is 13.9. The highest BCUT2D eigenvalue weighted by Crippen LogP contribution is 2.25. The van der Waals surface area contributed by atoms with Crippen LogP contribution in [0.3, 0.4) is 0 Å². The maximum atomic E-state index is 13.7. The maximum absolute atomic E-state index is 13.7. The van der Waals surface area contributed by atoms with E-state index in [2.05, 4.69) is 26.2 Å². The van der Waals surface area contributed by atoms with Crippen molar-refractivity contribution in [2.75, 3.05) is 5.32 Å². The van der Waals surface area contributed by atoms with E-state index in [1.807, 2.05) is 6.92 Å². The molecule has 0 atom stereocenters. The van der Waals surface area contributed by atoms with Gasteiger partial charge in [0.15, 0.2) is 0 Å². The first-order valence-electron chi connectivity index (χ1n) is 5.46. The zero-order chi connectivity index (χ0) is 14.0. The lowest BCUT2D eigenvalue weighted by Gasteiger charge is -2.13. The summed E-state index contributed by atoms with van der Waals surface area (Å²) in [5, 5.41) is 2.92. The number of nitrogens with two attached hydrogens (primary N) is 1. The molecule has 2 rings (SSSR count). The van der Waals surface area contributed by atoms with Gasteiger partial charge in [0.1, 0.15) is 16.6 Å². The minimum atomic E-state index is -0.375. The summed E-state index contributed by atoms with van der Waals surface area (Å²) in [5.41, 5.74) is 7.51. The van der Waals surface area contributed by atoms with Crippen LogP contribution in [0.4, 0.5) is 15.9 Å². The summed E-state index contributed by atoms with van der Waals surface area (Å²) in [4.78, 5) is 4.39. The number of benzene rings is 1. The first-order chi connectivity index (χ1) is 8.99. The van der Waals surface area contributed by atoms with Crippen LogP contribution in [0.5, 0.6) is 0 Å². The van der Waals surface area contributed by atoms with E-state index in [1.165, 1.54) is 6.07 Å².